The third-order valence-corrected chi connectivity index (χ3v) is 3.56. The molecule has 0 aromatic carbocycles. The maximum atomic E-state index is 11.8. The van der Waals surface area contributed by atoms with E-state index in [1.807, 2.05) is 13.8 Å². The van der Waals surface area contributed by atoms with Gasteiger partial charge in [0.25, 0.3) is 0 Å². The number of carbonyl (C=O) groups excluding carboxylic acids is 1. The van der Waals surface area contributed by atoms with Crippen LogP contribution in [0.3, 0.4) is 0 Å². The van der Waals surface area contributed by atoms with Crippen molar-refractivity contribution in [2.45, 2.75) is 39.2 Å². The van der Waals surface area contributed by atoms with Gasteiger partial charge in [-0.05, 0) is 39.8 Å². The van der Waals surface area contributed by atoms with E-state index in [0.717, 1.165) is 25.9 Å². The van der Waals surface area contributed by atoms with Crippen LogP contribution in [0.25, 0.3) is 0 Å². The van der Waals surface area contributed by atoms with Crippen molar-refractivity contribution < 1.29 is 14.3 Å². The van der Waals surface area contributed by atoms with Gasteiger partial charge in [0.15, 0.2) is 0 Å². The Labute approximate surface area is 116 Å². The largest absolute Gasteiger partial charge is 0.384 e. The summed E-state index contributed by atoms with van der Waals surface area (Å²) in [7, 11) is 1.72. The van der Waals surface area contributed by atoms with Crippen molar-refractivity contribution in [3.8, 4) is 0 Å². The Balaban J connectivity index is 2.28. The second kappa shape index (κ2) is 8.51. The number of ether oxygens (including phenoxy) is 2. The summed E-state index contributed by atoms with van der Waals surface area (Å²) in [5, 5.41) is 6.37. The lowest BCUT2D eigenvalue weighted by molar-refractivity contribution is -0.123. The predicted octanol–water partition coefficient (Wildman–Crippen LogP) is 0.934. The van der Waals surface area contributed by atoms with Crippen molar-refractivity contribution in [3.05, 3.63) is 0 Å². The van der Waals surface area contributed by atoms with Gasteiger partial charge in [-0.1, -0.05) is 0 Å². The maximum absolute atomic E-state index is 11.8. The van der Waals surface area contributed by atoms with Crippen molar-refractivity contribution in [3.63, 3.8) is 0 Å². The zero-order valence-corrected chi connectivity index (χ0v) is 12.5. The zero-order valence-electron chi connectivity index (χ0n) is 12.5. The molecule has 0 unspecified atom stereocenters. The Morgan fingerprint density at radius 2 is 2.05 bits per heavy atom. The SMILES string of the molecule is COCC1(CNC(=O)CCOC(C)C)CCNCC1. The average Bonchev–Trinajstić information content (AvgIpc) is 2.38. The molecule has 1 aliphatic heterocycles. The molecule has 0 radical (unpaired) electrons. The molecule has 0 aliphatic carbocycles. The van der Waals surface area contributed by atoms with E-state index >= 15 is 0 Å². The quantitative estimate of drug-likeness (QED) is 0.690. The van der Waals surface area contributed by atoms with Gasteiger partial charge in [-0.15, -0.1) is 0 Å². The fourth-order valence-electron chi connectivity index (χ4n) is 2.40. The number of hydrogen-bond acceptors (Lipinski definition) is 4. The number of amides is 1. The summed E-state index contributed by atoms with van der Waals surface area (Å²) in [4.78, 5) is 11.8. The van der Waals surface area contributed by atoms with Crippen molar-refractivity contribution in [2.24, 2.45) is 5.41 Å². The normalized spacial score (nSPS) is 18.5. The van der Waals surface area contributed by atoms with E-state index < -0.39 is 0 Å². The first-order valence-corrected chi connectivity index (χ1v) is 7.16. The van der Waals surface area contributed by atoms with Crippen LogP contribution in [0.2, 0.25) is 0 Å². The third kappa shape index (κ3) is 6.36. The molecule has 5 heteroatoms. The fourth-order valence-corrected chi connectivity index (χ4v) is 2.40. The zero-order chi connectivity index (χ0) is 14.1. The number of hydrogen-bond donors (Lipinski definition) is 2. The van der Waals surface area contributed by atoms with E-state index in [2.05, 4.69) is 10.6 Å². The molecule has 1 aliphatic rings. The van der Waals surface area contributed by atoms with Crippen LogP contribution in [0.1, 0.15) is 33.1 Å². The van der Waals surface area contributed by atoms with E-state index in [0.29, 0.717) is 26.2 Å². The summed E-state index contributed by atoms with van der Waals surface area (Å²) in [6.07, 6.45) is 2.70. The molecule has 0 atom stereocenters. The summed E-state index contributed by atoms with van der Waals surface area (Å²) in [5.74, 6) is 0.0645. The molecule has 1 rings (SSSR count). The monoisotopic (exact) mass is 272 g/mol. The van der Waals surface area contributed by atoms with E-state index in [1.54, 1.807) is 7.11 Å². The molecule has 0 bridgehead atoms. The average molecular weight is 272 g/mol. The lowest BCUT2D eigenvalue weighted by Crippen LogP contribution is -2.47. The van der Waals surface area contributed by atoms with Crippen molar-refractivity contribution >= 4 is 5.91 Å². The van der Waals surface area contributed by atoms with Gasteiger partial charge >= 0.3 is 0 Å². The highest BCUT2D eigenvalue weighted by atomic mass is 16.5. The van der Waals surface area contributed by atoms with E-state index in [9.17, 15) is 4.79 Å². The minimum atomic E-state index is 0.0645. The summed E-state index contributed by atoms with van der Waals surface area (Å²) in [6.45, 7) is 7.83. The molecule has 1 amide bonds. The number of rotatable bonds is 8. The van der Waals surface area contributed by atoms with Crippen LogP contribution in [-0.2, 0) is 14.3 Å². The van der Waals surface area contributed by atoms with E-state index in [4.69, 9.17) is 9.47 Å². The van der Waals surface area contributed by atoms with Crippen LogP contribution in [0.4, 0.5) is 0 Å². The van der Waals surface area contributed by atoms with Crippen molar-refractivity contribution in [2.75, 3.05) is 40.0 Å². The van der Waals surface area contributed by atoms with Crippen molar-refractivity contribution in [1.82, 2.24) is 10.6 Å². The van der Waals surface area contributed by atoms with Crippen LogP contribution >= 0.6 is 0 Å². The summed E-state index contributed by atoms with van der Waals surface area (Å²) in [6, 6.07) is 0. The minimum absolute atomic E-state index is 0.0645. The molecule has 0 aromatic rings. The summed E-state index contributed by atoms with van der Waals surface area (Å²) >= 11 is 0. The van der Waals surface area contributed by atoms with Gasteiger partial charge in [-0.2, -0.15) is 0 Å². The second-order valence-corrected chi connectivity index (χ2v) is 5.63. The first-order valence-electron chi connectivity index (χ1n) is 7.16. The Morgan fingerprint density at radius 3 is 2.63 bits per heavy atom. The molecule has 1 heterocycles. The first-order chi connectivity index (χ1) is 9.08. The number of carbonyl (C=O) groups is 1. The molecule has 0 saturated carbocycles. The van der Waals surface area contributed by atoms with Gasteiger partial charge in [0.2, 0.25) is 5.91 Å². The topological polar surface area (TPSA) is 59.6 Å². The first kappa shape index (κ1) is 16.4. The van der Waals surface area contributed by atoms with E-state index in [1.165, 1.54) is 0 Å². The van der Waals surface area contributed by atoms with Crippen LogP contribution in [0.5, 0.6) is 0 Å². The molecular formula is C14H28N2O3. The Hall–Kier alpha value is -0.650. The molecule has 5 nitrogen and oxygen atoms in total. The smallest absolute Gasteiger partial charge is 0.222 e. The van der Waals surface area contributed by atoms with Crippen molar-refractivity contribution in [1.29, 1.82) is 0 Å². The third-order valence-electron chi connectivity index (χ3n) is 3.56. The minimum Gasteiger partial charge on any atom is -0.384 e. The van der Waals surface area contributed by atoms with Gasteiger partial charge < -0.3 is 20.1 Å². The molecule has 1 saturated heterocycles. The number of nitrogens with one attached hydrogen (secondary N) is 2. The van der Waals surface area contributed by atoms with Gasteiger partial charge in [0.1, 0.15) is 0 Å². The number of methoxy groups -OCH3 is 1. The summed E-state index contributed by atoms with van der Waals surface area (Å²) in [5.41, 5.74) is 0.0918. The van der Waals surface area contributed by atoms with E-state index in [-0.39, 0.29) is 17.4 Å². The Morgan fingerprint density at radius 1 is 1.37 bits per heavy atom. The maximum Gasteiger partial charge on any atom is 0.222 e. The second-order valence-electron chi connectivity index (χ2n) is 5.63. The molecule has 0 spiro atoms. The van der Waals surface area contributed by atoms with Gasteiger partial charge in [0.05, 0.1) is 19.3 Å². The Bertz CT molecular complexity index is 258. The van der Waals surface area contributed by atoms with Crippen LogP contribution in [-0.4, -0.2) is 52.0 Å². The van der Waals surface area contributed by atoms with Crippen LogP contribution in [0.15, 0.2) is 0 Å². The highest BCUT2D eigenvalue weighted by Crippen LogP contribution is 2.28. The lowest BCUT2D eigenvalue weighted by Gasteiger charge is -2.37. The molecule has 19 heavy (non-hydrogen) atoms. The molecule has 0 aromatic heterocycles. The standard InChI is InChI=1S/C14H28N2O3/c1-12(2)19-9-4-13(17)16-10-14(11-18-3)5-7-15-8-6-14/h12,15H,4-11H2,1-3H3,(H,16,17). The van der Waals surface area contributed by atoms with Crippen LogP contribution in [0, 0.1) is 5.41 Å². The Kier molecular flexibility index (Phi) is 7.34. The number of piperidine rings is 1. The van der Waals surface area contributed by atoms with Crippen LogP contribution < -0.4 is 10.6 Å². The summed E-state index contributed by atoms with van der Waals surface area (Å²) < 4.78 is 10.7. The molecule has 1 fully saturated rings. The highest BCUT2D eigenvalue weighted by molar-refractivity contribution is 5.76. The highest BCUT2D eigenvalue weighted by Gasteiger charge is 2.32. The van der Waals surface area contributed by atoms with Gasteiger partial charge in [0, 0.05) is 25.5 Å². The lowest BCUT2D eigenvalue weighted by atomic mass is 9.79. The molecule has 2 N–H and O–H groups in total. The fraction of sp³-hybridized carbons (Fsp3) is 0.929. The van der Waals surface area contributed by atoms with Gasteiger partial charge in [-0.25, -0.2) is 0 Å². The van der Waals surface area contributed by atoms with Gasteiger partial charge in [-0.3, -0.25) is 4.79 Å². The molecular weight excluding hydrogens is 244 g/mol. The molecule has 112 valence electrons. The predicted molar refractivity (Wildman–Crippen MR) is 75.1 cm³/mol.